The van der Waals surface area contributed by atoms with Gasteiger partial charge in [0.1, 0.15) is 0 Å². The normalized spacial score (nSPS) is 17.2. The van der Waals surface area contributed by atoms with Crippen molar-refractivity contribution in [2.24, 2.45) is 0 Å². The van der Waals surface area contributed by atoms with Gasteiger partial charge in [-0.1, -0.05) is 37.6 Å². The lowest BCUT2D eigenvalue weighted by Gasteiger charge is -2.10. The zero-order chi connectivity index (χ0) is 16.1. The summed E-state index contributed by atoms with van der Waals surface area (Å²) in [6.07, 6.45) is 3.36. The topological polar surface area (TPSA) is 41.1 Å². The van der Waals surface area contributed by atoms with Crippen LogP contribution in [0.3, 0.4) is 0 Å². The highest BCUT2D eigenvalue weighted by Crippen LogP contribution is 2.23. The molecule has 1 atom stereocenters. The molecule has 1 unspecified atom stereocenters. The van der Waals surface area contributed by atoms with Gasteiger partial charge in [0.2, 0.25) is 0 Å². The number of amides is 1. The summed E-state index contributed by atoms with van der Waals surface area (Å²) in [4.78, 5) is 12.3. The third-order valence-corrected chi connectivity index (χ3v) is 4.46. The minimum absolute atomic E-state index is 0.0525. The van der Waals surface area contributed by atoms with Gasteiger partial charge in [-0.15, -0.1) is 0 Å². The smallest absolute Gasteiger partial charge is 0.255 e. The number of aryl methyl sites for hydroxylation is 1. The summed E-state index contributed by atoms with van der Waals surface area (Å²) in [7, 11) is 0. The second-order valence-electron chi connectivity index (χ2n) is 6.21. The Morgan fingerprint density at radius 3 is 2.48 bits per heavy atom. The van der Waals surface area contributed by atoms with E-state index in [-0.39, 0.29) is 5.91 Å². The van der Waals surface area contributed by atoms with Gasteiger partial charge in [-0.05, 0) is 60.7 Å². The van der Waals surface area contributed by atoms with Gasteiger partial charge < -0.3 is 10.6 Å². The van der Waals surface area contributed by atoms with Gasteiger partial charge in [0.25, 0.3) is 5.91 Å². The van der Waals surface area contributed by atoms with Crippen molar-refractivity contribution < 1.29 is 4.79 Å². The molecule has 2 aromatic rings. The van der Waals surface area contributed by atoms with Gasteiger partial charge in [0.05, 0.1) is 0 Å². The third-order valence-electron chi connectivity index (χ3n) is 4.46. The van der Waals surface area contributed by atoms with Crippen LogP contribution < -0.4 is 10.6 Å². The summed E-state index contributed by atoms with van der Waals surface area (Å²) >= 11 is 0. The van der Waals surface area contributed by atoms with Crippen molar-refractivity contribution >= 4 is 11.6 Å². The Morgan fingerprint density at radius 1 is 1.13 bits per heavy atom. The van der Waals surface area contributed by atoms with Crippen LogP contribution >= 0.6 is 0 Å². The lowest BCUT2D eigenvalue weighted by molar-refractivity contribution is 0.102. The van der Waals surface area contributed by atoms with E-state index in [2.05, 4.69) is 29.7 Å². The van der Waals surface area contributed by atoms with Crippen molar-refractivity contribution in [1.29, 1.82) is 0 Å². The molecule has 3 nitrogen and oxygen atoms in total. The van der Waals surface area contributed by atoms with E-state index in [9.17, 15) is 4.79 Å². The lowest BCUT2D eigenvalue weighted by Crippen LogP contribution is -2.12. The molecule has 0 bridgehead atoms. The Hall–Kier alpha value is -2.13. The second-order valence-corrected chi connectivity index (χ2v) is 6.21. The minimum Gasteiger partial charge on any atom is -0.322 e. The first kappa shape index (κ1) is 15.8. The first-order valence-corrected chi connectivity index (χ1v) is 8.47. The van der Waals surface area contributed by atoms with E-state index >= 15 is 0 Å². The van der Waals surface area contributed by atoms with E-state index in [1.54, 1.807) is 0 Å². The van der Waals surface area contributed by atoms with E-state index in [1.165, 1.54) is 17.5 Å². The monoisotopic (exact) mass is 308 g/mol. The van der Waals surface area contributed by atoms with Gasteiger partial charge in [0.15, 0.2) is 0 Å². The number of anilines is 1. The standard InChI is InChI=1S/C20H24N2O/c1-2-3-15-4-6-17(7-5-15)20(23)22-19-10-8-16(9-11-19)18-12-13-21-14-18/h4-11,18,21H,2-3,12-14H2,1H3,(H,22,23). The van der Waals surface area contributed by atoms with Gasteiger partial charge >= 0.3 is 0 Å². The number of hydrogen-bond donors (Lipinski definition) is 2. The van der Waals surface area contributed by atoms with Crippen LogP contribution in [0.2, 0.25) is 0 Å². The maximum Gasteiger partial charge on any atom is 0.255 e. The number of rotatable bonds is 5. The molecule has 0 aromatic heterocycles. The molecule has 0 radical (unpaired) electrons. The Morgan fingerprint density at radius 2 is 1.87 bits per heavy atom. The van der Waals surface area contributed by atoms with Gasteiger partial charge in [-0.2, -0.15) is 0 Å². The Bertz CT molecular complexity index is 640. The molecule has 120 valence electrons. The molecule has 0 aliphatic carbocycles. The van der Waals surface area contributed by atoms with Crippen LogP contribution in [0.15, 0.2) is 48.5 Å². The van der Waals surface area contributed by atoms with Crippen molar-refractivity contribution in [2.45, 2.75) is 32.1 Å². The summed E-state index contributed by atoms with van der Waals surface area (Å²) in [5.41, 5.74) is 4.17. The minimum atomic E-state index is -0.0525. The molecule has 2 N–H and O–H groups in total. The highest BCUT2D eigenvalue weighted by Gasteiger charge is 2.16. The SMILES string of the molecule is CCCc1ccc(C(=O)Nc2ccc(C3CCNC3)cc2)cc1. The summed E-state index contributed by atoms with van der Waals surface area (Å²) in [5.74, 6) is 0.550. The molecule has 23 heavy (non-hydrogen) atoms. The zero-order valence-corrected chi connectivity index (χ0v) is 13.6. The van der Waals surface area contributed by atoms with Crippen LogP contribution in [-0.4, -0.2) is 19.0 Å². The molecule has 1 aliphatic heterocycles. The molecule has 1 aliphatic rings. The maximum absolute atomic E-state index is 12.3. The first-order valence-electron chi connectivity index (χ1n) is 8.47. The van der Waals surface area contributed by atoms with E-state index < -0.39 is 0 Å². The van der Waals surface area contributed by atoms with E-state index in [0.717, 1.165) is 31.6 Å². The van der Waals surface area contributed by atoms with E-state index in [1.807, 2.05) is 36.4 Å². The van der Waals surface area contributed by atoms with Crippen molar-refractivity contribution in [2.75, 3.05) is 18.4 Å². The van der Waals surface area contributed by atoms with Crippen molar-refractivity contribution in [3.05, 3.63) is 65.2 Å². The highest BCUT2D eigenvalue weighted by molar-refractivity contribution is 6.04. The van der Waals surface area contributed by atoms with Crippen LogP contribution in [0.5, 0.6) is 0 Å². The van der Waals surface area contributed by atoms with E-state index in [0.29, 0.717) is 11.5 Å². The maximum atomic E-state index is 12.3. The molecule has 1 amide bonds. The van der Waals surface area contributed by atoms with Crippen molar-refractivity contribution in [3.63, 3.8) is 0 Å². The van der Waals surface area contributed by atoms with Gasteiger partial charge in [0, 0.05) is 17.8 Å². The molecular weight excluding hydrogens is 284 g/mol. The Kier molecular flexibility index (Phi) is 5.09. The quantitative estimate of drug-likeness (QED) is 0.877. The molecule has 1 heterocycles. The first-order chi connectivity index (χ1) is 11.3. The summed E-state index contributed by atoms with van der Waals surface area (Å²) in [5, 5.41) is 6.36. The fourth-order valence-corrected chi connectivity index (χ4v) is 3.09. The molecular formula is C20H24N2O. The van der Waals surface area contributed by atoms with Crippen LogP contribution in [0.25, 0.3) is 0 Å². The Labute approximate surface area is 138 Å². The molecule has 3 rings (SSSR count). The fraction of sp³-hybridized carbons (Fsp3) is 0.350. The van der Waals surface area contributed by atoms with Gasteiger partial charge in [-0.25, -0.2) is 0 Å². The Balaban J connectivity index is 1.62. The summed E-state index contributed by atoms with van der Waals surface area (Å²) in [6.45, 7) is 4.30. The highest BCUT2D eigenvalue weighted by atomic mass is 16.1. The predicted octanol–water partition coefficient (Wildman–Crippen LogP) is 3.97. The average molecular weight is 308 g/mol. The van der Waals surface area contributed by atoms with Crippen molar-refractivity contribution in [3.8, 4) is 0 Å². The van der Waals surface area contributed by atoms with Crippen LogP contribution in [-0.2, 0) is 6.42 Å². The van der Waals surface area contributed by atoms with E-state index in [4.69, 9.17) is 0 Å². The second kappa shape index (κ2) is 7.42. The summed E-state index contributed by atoms with van der Waals surface area (Å²) in [6, 6.07) is 16.1. The van der Waals surface area contributed by atoms with Crippen LogP contribution in [0.4, 0.5) is 5.69 Å². The predicted molar refractivity (Wildman–Crippen MR) is 95.1 cm³/mol. The third kappa shape index (κ3) is 3.99. The number of nitrogens with one attached hydrogen (secondary N) is 2. The average Bonchev–Trinajstić information content (AvgIpc) is 3.11. The molecule has 1 saturated heterocycles. The van der Waals surface area contributed by atoms with Crippen LogP contribution in [0, 0.1) is 0 Å². The molecule has 1 fully saturated rings. The molecule has 3 heteroatoms. The number of carbonyl (C=O) groups excluding carboxylic acids is 1. The molecule has 0 spiro atoms. The number of hydrogen-bond acceptors (Lipinski definition) is 2. The number of carbonyl (C=O) groups is 1. The van der Waals surface area contributed by atoms with Crippen LogP contribution in [0.1, 0.15) is 47.2 Å². The molecule has 0 saturated carbocycles. The largest absolute Gasteiger partial charge is 0.322 e. The fourth-order valence-electron chi connectivity index (χ4n) is 3.09. The van der Waals surface area contributed by atoms with Gasteiger partial charge in [-0.3, -0.25) is 4.79 Å². The number of benzene rings is 2. The van der Waals surface area contributed by atoms with Crippen molar-refractivity contribution in [1.82, 2.24) is 5.32 Å². The zero-order valence-electron chi connectivity index (χ0n) is 13.6. The lowest BCUT2D eigenvalue weighted by atomic mass is 9.98. The molecule has 2 aromatic carbocycles. The summed E-state index contributed by atoms with van der Waals surface area (Å²) < 4.78 is 0.